The highest BCUT2D eigenvalue weighted by atomic mass is 32.1. The molecule has 2 N–H and O–H groups in total. The van der Waals surface area contributed by atoms with Gasteiger partial charge in [-0.2, -0.15) is 0 Å². The van der Waals surface area contributed by atoms with E-state index in [1.165, 1.54) is 22.5 Å². The lowest BCUT2D eigenvalue weighted by atomic mass is 10.1. The summed E-state index contributed by atoms with van der Waals surface area (Å²) in [5.41, 5.74) is 3.40. The zero-order valence-electron chi connectivity index (χ0n) is 13.2. The van der Waals surface area contributed by atoms with Crippen LogP contribution in [0.2, 0.25) is 0 Å². The van der Waals surface area contributed by atoms with Crippen LogP contribution in [0.25, 0.3) is 0 Å². The minimum atomic E-state index is -0.438. The number of carbonyl (C=O) groups excluding carboxylic acids is 2. The minimum Gasteiger partial charge on any atom is -0.344 e. The summed E-state index contributed by atoms with van der Waals surface area (Å²) in [5, 5.41) is 6.08. The van der Waals surface area contributed by atoms with E-state index in [-0.39, 0.29) is 11.8 Å². The topological polar surface area (TPSA) is 71.1 Å². The van der Waals surface area contributed by atoms with Crippen molar-refractivity contribution in [1.82, 2.24) is 10.3 Å². The Morgan fingerprint density at radius 2 is 2.26 bits per heavy atom. The maximum atomic E-state index is 12.1. The third-order valence-electron chi connectivity index (χ3n) is 3.88. The number of thiazole rings is 1. The second-order valence-corrected chi connectivity index (χ2v) is 6.93. The quantitative estimate of drug-likeness (QED) is 0.905. The van der Waals surface area contributed by atoms with Crippen LogP contribution in [-0.4, -0.2) is 22.8 Å². The van der Waals surface area contributed by atoms with Gasteiger partial charge >= 0.3 is 0 Å². The van der Waals surface area contributed by atoms with Crippen molar-refractivity contribution in [3.05, 3.63) is 46.0 Å². The highest BCUT2D eigenvalue weighted by Crippen LogP contribution is 2.26. The maximum absolute atomic E-state index is 12.1. The molecule has 0 saturated carbocycles. The third-order valence-corrected chi connectivity index (χ3v) is 4.95. The Kier molecular flexibility index (Phi) is 4.43. The number of anilines is 1. The Hall–Kier alpha value is -2.21. The lowest BCUT2D eigenvalue weighted by molar-refractivity contribution is -0.122. The standard InChI is InChI=1S/C17H19N3O2S/c1-10-4-3-5-12(8-10)9-14-11(2)18-17(23-14)20-16(22)13-6-7-15(21)19-13/h3-5,8,13H,6-7,9H2,1-2H3,(H,19,21)(H,18,20,22)/t13-/m1/s1. The first-order valence-electron chi connectivity index (χ1n) is 7.63. The Bertz CT molecular complexity index is 754. The van der Waals surface area contributed by atoms with Crippen LogP contribution >= 0.6 is 11.3 Å². The van der Waals surface area contributed by atoms with Crippen molar-refractivity contribution in [1.29, 1.82) is 0 Å². The lowest BCUT2D eigenvalue weighted by Crippen LogP contribution is -2.37. The van der Waals surface area contributed by atoms with E-state index in [1.807, 2.05) is 13.0 Å². The molecule has 120 valence electrons. The van der Waals surface area contributed by atoms with Crippen molar-refractivity contribution >= 4 is 28.3 Å². The lowest BCUT2D eigenvalue weighted by Gasteiger charge is -2.08. The first kappa shape index (κ1) is 15.7. The van der Waals surface area contributed by atoms with Gasteiger partial charge in [0.1, 0.15) is 6.04 Å². The molecule has 1 aliphatic rings. The summed E-state index contributed by atoms with van der Waals surface area (Å²) < 4.78 is 0. The zero-order valence-corrected chi connectivity index (χ0v) is 14.0. The average Bonchev–Trinajstić information content (AvgIpc) is 3.06. The molecule has 0 spiro atoms. The van der Waals surface area contributed by atoms with Crippen molar-refractivity contribution in [2.45, 2.75) is 39.2 Å². The molecule has 2 amide bonds. The number of rotatable bonds is 4. The van der Waals surface area contributed by atoms with Gasteiger partial charge in [-0.05, 0) is 25.8 Å². The summed E-state index contributed by atoms with van der Waals surface area (Å²) in [6.45, 7) is 4.03. The third kappa shape index (κ3) is 3.76. The summed E-state index contributed by atoms with van der Waals surface area (Å²) in [6.07, 6.45) is 1.76. The van der Waals surface area contributed by atoms with Crippen molar-refractivity contribution in [3.8, 4) is 0 Å². The second kappa shape index (κ2) is 6.50. The van der Waals surface area contributed by atoms with Crippen LogP contribution in [0.3, 0.4) is 0 Å². The van der Waals surface area contributed by atoms with Gasteiger partial charge in [0.15, 0.2) is 5.13 Å². The number of nitrogens with one attached hydrogen (secondary N) is 2. The van der Waals surface area contributed by atoms with Crippen molar-refractivity contribution in [2.75, 3.05) is 5.32 Å². The van der Waals surface area contributed by atoms with Crippen LogP contribution in [0.1, 0.15) is 34.5 Å². The van der Waals surface area contributed by atoms with E-state index in [4.69, 9.17) is 0 Å². The molecule has 1 fully saturated rings. The van der Waals surface area contributed by atoms with E-state index >= 15 is 0 Å². The highest BCUT2D eigenvalue weighted by Gasteiger charge is 2.27. The summed E-state index contributed by atoms with van der Waals surface area (Å²) >= 11 is 1.49. The predicted molar refractivity (Wildman–Crippen MR) is 90.6 cm³/mol. The van der Waals surface area contributed by atoms with Gasteiger partial charge in [0.05, 0.1) is 5.69 Å². The molecule has 2 heterocycles. The Balaban J connectivity index is 1.68. The van der Waals surface area contributed by atoms with Gasteiger partial charge in [-0.25, -0.2) is 4.98 Å². The van der Waals surface area contributed by atoms with Crippen LogP contribution in [0.5, 0.6) is 0 Å². The molecular weight excluding hydrogens is 310 g/mol. The van der Waals surface area contributed by atoms with Crippen LogP contribution < -0.4 is 10.6 Å². The van der Waals surface area contributed by atoms with Crippen molar-refractivity contribution in [2.24, 2.45) is 0 Å². The molecule has 1 aliphatic heterocycles. The molecule has 1 aromatic carbocycles. The normalized spacial score (nSPS) is 17.1. The zero-order chi connectivity index (χ0) is 16.4. The van der Waals surface area contributed by atoms with Crippen LogP contribution in [0.15, 0.2) is 24.3 Å². The monoisotopic (exact) mass is 329 g/mol. The van der Waals surface area contributed by atoms with E-state index in [2.05, 4.69) is 40.7 Å². The average molecular weight is 329 g/mol. The first-order valence-corrected chi connectivity index (χ1v) is 8.45. The first-order chi connectivity index (χ1) is 11.0. The summed E-state index contributed by atoms with van der Waals surface area (Å²) in [4.78, 5) is 28.9. The van der Waals surface area contributed by atoms with E-state index in [9.17, 15) is 9.59 Å². The van der Waals surface area contributed by atoms with Gasteiger partial charge in [0.25, 0.3) is 0 Å². The van der Waals surface area contributed by atoms with E-state index < -0.39 is 6.04 Å². The number of aromatic nitrogens is 1. The largest absolute Gasteiger partial charge is 0.344 e. The van der Waals surface area contributed by atoms with Gasteiger partial charge in [-0.1, -0.05) is 29.8 Å². The van der Waals surface area contributed by atoms with Gasteiger partial charge in [-0.15, -0.1) is 11.3 Å². The summed E-state index contributed by atoms with van der Waals surface area (Å²) in [6, 6.07) is 7.94. The van der Waals surface area contributed by atoms with Crippen LogP contribution in [0.4, 0.5) is 5.13 Å². The molecule has 2 aromatic rings. The minimum absolute atomic E-state index is 0.0689. The molecule has 0 aliphatic carbocycles. The molecular formula is C17H19N3O2S. The predicted octanol–water partition coefficient (Wildman–Crippen LogP) is 2.57. The van der Waals surface area contributed by atoms with Gasteiger partial charge in [-0.3, -0.25) is 9.59 Å². The molecule has 0 bridgehead atoms. The smallest absolute Gasteiger partial charge is 0.248 e. The summed E-state index contributed by atoms with van der Waals surface area (Å²) in [7, 11) is 0. The van der Waals surface area contributed by atoms with E-state index in [0.717, 1.165) is 17.0 Å². The molecule has 1 saturated heterocycles. The SMILES string of the molecule is Cc1cccc(Cc2sc(NC(=O)[C@H]3CCC(=O)N3)nc2C)c1. The number of carbonyl (C=O) groups is 2. The Morgan fingerprint density at radius 3 is 2.96 bits per heavy atom. The van der Waals surface area contributed by atoms with Crippen LogP contribution in [0, 0.1) is 13.8 Å². The molecule has 0 unspecified atom stereocenters. The molecule has 0 radical (unpaired) electrons. The number of amides is 2. The van der Waals surface area contributed by atoms with Crippen molar-refractivity contribution in [3.63, 3.8) is 0 Å². The fraction of sp³-hybridized carbons (Fsp3) is 0.353. The maximum Gasteiger partial charge on any atom is 0.248 e. The number of aryl methyl sites for hydroxylation is 2. The Labute approximate surface area is 139 Å². The van der Waals surface area contributed by atoms with Gasteiger partial charge < -0.3 is 10.6 Å². The number of hydrogen-bond acceptors (Lipinski definition) is 4. The molecule has 23 heavy (non-hydrogen) atoms. The number of nitrogens with zero attached hydrogens (tertiary/aromatic N) is 1. The van der Waals surface area contributed by atoms with Crippen LogP contribution in [-0.2, 0) is 16.0 Å². The summed E-state index contributed by atoms with van der Waals surface area (Å²) in [5.74, 6) is -0.257. The van der Waals surface area contributed by atoms with E-state index in [0.29, 0.717) is 18.0 Å². The molecule has 1 atom stereocenters. The fourth-order valence-corrected chi connectivity index (χ4v) is 3.66. The van der Waals surface area contributed by atoms with Crippen molar-refractivity contribution < 1.29 is 9.59 Å². The van der Waals surface area contributed by atoms with Gasteiger partial charge in [0, 0.05) is 17.7 Å². The van der Waals surface area contributed by atoms with Gasteiger partial charge in [0.2, 0.25) is 11.8 Å². The highest BCUT2D eigenvalue weighted by molar-refractivity contribution is 7.15. The molecule has 5 nitrogen and oxygen atoms in total. The molecule has 3 rings (SSSR count). The molecule has 6 heteroatoms. The Morgan fingerprint density at radius 1 is 1.43 bits per heavy atom. The van der Waals surface area contributed by atoms with E-state index in [1.54, 1.807) is 0 Å². The number of benzene rings is 1. The second-order valence-electron chi connectivity index (χ2n) is 5.84. The number of hydrogen-bond donors (Lipinski definition) is 2. The molecule has 1 aromatic heterocycles. The fourth-order valence-electron chi connectivity index (χ4n) is 2.66.